The molecule has 0 amide bonds. The first-order chi connectivity index (χ1) is 11.8. The van der Waals surface area contributed by atoms with Crippen LogP contribution in [0.25, 0.3) is 5.65 Å². The lowest BCUT2D eigenvalue weighted by atomic mass is 9.96. The number of nitrogens with zero attached hydrogens (tertiary/aromatic N) is 7. The molecule has 4 heterocycles. The van der Waals surface area contributed by atoms with E-state index >= 15 is 0 Å². The van der Waals surface area contributed by atoms with E-state index in [9.17, 15) is 0 Å². The smallest absolute Gasteiger partial charge is 0.185 e. The molecular formula is C17H23N7S. The third-order valence-corrected chi connectivity index (χ3v) is 5.61. The van der Waals surface area contributed by atoms with E-state index in [1.807, 2.05) is 23.6 Å². The molecule has 0 bridgehead atoms. The van der Waals surface area contributed by atoms with Crippen molar-refractivity contribution in [2.24, 2.45) is 0 Å². The molecule has 0 unspecified atom stereocenters. The number of hydrogen-bond acceptors (Lipinski definition) is 7. The Balaban J connectivity index is 1.52. The van der Waals surface area contributed by atoms with Gasteiger partial charge in [-0.25, -0.2) is 4.98 Å². The number of aryl methyl sites for hydroxylation is 1. The maximum Gasteiger partial charge on any atom is 0.185 e. The molecule has 3 aromatic rings. The molecule has 0 N–H and O–H groups in total. The van der Waals surface area contributed by atoms with Crippen molar-refractivity contribution in [2.75, 3.05) is 29.9 Å². The molecule has 1 saturated heterocycles. The van der Waals surface area contributed by atoms with Gasteiger partial charge in [0.05, 0.1) is 11.7 Å². The average molecular weight is 357 g/mol. The molecule has 0 spiro atoms. The van der Waals surface area contributed by atoms with Crippen LogP contribution in [0.4, 0.5) is 10.9 Å². The van der Waals surface area contributed by atoms with Gasteiger partial charge in [0.1, 0.15) is 5.82 Å². The highest BCUT2D eigenvalue weighted by Gasteiger charge is 2.33. The highest BCUT2D eigenvalue weighted by Crippen LogP contribution is 2.28. The molecule has 3 aromatic heterocycles. The largest absolute Gasteiger partial charge is 0.351 e. The van der Waals surface area contributed by atoms with Crippen LogP contribution in [0.3, 0.4) is 0 Å². The topological polar surface area (TPSA) is 62.5 Å². The van der Waals surface area contributed by atoms with E-state index in [-0.39, 0.29) is 5.41 Å². The lowest BCUT2D eigenvalue weighted by molar-refractivity contribution is 0.485. The Morgan fingerprint density at radius 3 is 2.60 bits per heavy atom. The van der Waals surface area contributed by atoms with E-state index in [0.717, 1.165) is 41.2 Å². The van der Waals surface area contributed by atoms with E-state index in [0.29, 0.717) is 6.04 Å². The van der Waals surface area contributed by atoms with Crippen molar-refractivity contribution >= 4 is 27.9 Å². The van der Waals surface area contributed by atoms with Crippen LogP contribution < -0.4 is 9.80 Å². The third-order valence-electron chi connectivity index (χ3n) is 4.56. The van der Waals surface area contributed by atoms with Gasteiger partial charge >= 0.3 is 0 Å². The van der Waals surface area contributed by atoms with Crippen LogP contribution in [-0.2, 0) is 5.41 Å². The molecule has 0 aliphatic carbocycles. The zero-order valence-electron chi connectivity index (χ0n) is 15.3. The summed E-state index contributed by atoms with van der Waals surface area (Å²) in [5.41, 5.74) is 1.78. The van der Waals surface area contributed by atoms with Gasteiger partial charge in [-0.1, -0.05) is 20.8 Å². The van der Waals surface area contributed by atoms with E-state index < -0.39 is 0 Å². The standard InChI is InChI=1S/C17H23N7S/c1-11-10-25-16(18-11)22(5)12-8-23(9-12)14-7-6-13-19-20-15(17(2,3)4)24(13)21-14/h6-7,10,12H,8-9H2,1-5H3. The highest BCUT2D eigenvalue weighted by molar-refractivity contribution is 7.13. The van der Waals surface area contributed by atoms with E-state index in [2.05, 4.69) is 58.2 Å². The second-order valence-corrected chi connectivity index (χ2v) is 8.51. The van der Waals surface area contributed by atoms with E-state index in [4.69, 9.17) is 5.10 Å². The first kappa shape index (κ1) is 16.3. The fourth-order valence-corrected chi connectivity index (χ4v) is 3.80. The van der Waals surface area contributed by atoms with Gasteiger partial charge in [-0.2, -0.15) is 4.52 Å². The molecule has 132 valence electrons. The molecular weight excluding hydrogens is 334 g/mol. The maximum atomic E-state index is 4.78. The number of aromatic nitrogens is 5. The minimum Gasteiger partial charge on any atom is -0.351 e. The molecule has 25 heavy (non-hydrogen) atoms. The predicted molar refractivity (Wildman–Crippen MR) is 101 cm³/mol. The van der Waals surface area contributed by atoms with Crippen LogP contribution >= 0.6 is 11.3 Å². The van der Waals surface area contributed by atoms with Gasteiger partial charge in [0.15, 0.2) is 16.6 Å². The van der Waals surface area contributed by atoms with Crippen molar-refractivity contribution in [1.29, 1.82) is 0 Å². The van der Waals surface area contributed by atoms with Gasteiger partial charge in [-0.05, 0) is 19.1 Å². The summed E-state index contributed by atoms with van der Waals surface area (Å²) in [6.07, 6.45) is 0. The van der Waals surface area contributed by atoms with Gasteiger partial charge in [0, 0.05) is 30.9 Å². The molecule has 1 aliphatic heterocycles. The Morgan fingerprint density at radius 2 is 1.96 bits per heavy atom. The van der Waals surface area contributed by atoms with Gasteiger partial charge < -0.3 is 9.80 Å². The number of anilines is 2. The van der Waals surface area contributed by atoms with Crippen LogP contribution in [0.5, 0.6) is 0 Å². The van der Waals surface area contributed by atoms with Crippen molar-refractivity contribution < 1.29 is 0 Å². The van der Waals surface area contributed by atoms with Crippen LogP contribution in [0, 0.1) is 6.92 Å². The molecule has 0 aromatic carbocycles. The number of rotatable bonds is 3. The summed E-state index contributed by atoms with van der Waals surface area (Å²) in [6.45, 7) is 10.3. The lowest BCUT2D eigenvalue weighted by Gasteiger charge is -2.44. The second kappa shape index (κ2) is 5.66. The molecule has 1 aliphatic rings. The molecule has 1 fully saturated rings. The Kier molecular flexibility index (Phi) is 3.68. The number of hydrogen-bond donors (Lipinski definition) is 0. The fourth-order valence-electron chi connectivity index (χ4n) is 2.96. The number of thiazole rings is 1. The Hall–Kier alpha value is -2.22. The highest BCUT2D eigenvalue weighted by atomic mass is 32.1. The van der Waals surface area contributed by atoms with Crippen LogP contribution in [0.1, 0.15) is 32.3 Å². The SMILES string of the molecule is Cc1csc(N(C)C2CN(c3ccc4nnc(C(C)(C)C)n4n3)C2)n1. The quantitative estimate of drug-likeness (QED) is 0.718. The first-order valence-electron chi connectivity index (χ1n) is 8.46. The molecule has 4 rings (SSSR count). The van der Waals surface area contributed by atoms with Gasteiger partial charge in [-0.15, -0.1) is 26.6 Å². The zero-order chi connectivity index (χ0) is 17.8. The van der Waals surface area contributed by atoms with Crippen LogP contribution in [0.2, 0.25) is 0 Å². The van der Waals surface area contributed by atoms with Crippen LogP contribution in [-0.4, -0.2) is 51.0 Å². The molecule has 8 heteroatoms. The van der Waals surface area contributed by atoms with Crippen molar-refractivity contribution in [3.8, 4) is 0 Å². The molecule has 0 radical (unpaired) electrons. The Labute approximate surface area is 151 Å². The summed E-state index contributed by atoms with van der Waals surface area (Å²) in [5.74, 6) is 1.86. The number of likely N-dealkylation sites (N-methyl/N-ethyl adjacent to an activating group) is 1. The van der Waals surface area contributed by atoms with E-state index in [1.54, 1.807) is 11.3 Å². The lowest BCUT2D eigenvalue weighted by Crippen LogP contribution is -2.59. The molecule has 7 nitrogen and oxygen atoms in total. The normalized spacial score (nSPS) is 15.6. The molecule has 0 saturated carbocycles. The van der Waals surface area contributed by atoms with Gasteiger partial charge in [-0.3, -0.25) is 0 Å². The van der Waals surface area contributed by atoms with Crippen molar-refractivity contribution in [2.45, 2.75) is 39.2 Å². The minimum absolute atomic E-state index is 0.0918. The summed E-state index contributed by atoms with van der Waals surface area (Å²) in [5, 5.41) is 16.5. The average Bonchev–Trinajstić information content (AvgIpc) is 3.10. The minimum atomic E-state index is -0.0918. The Morgan fingerprint density at radius 1 is 1.20 bits per heavy atom. The summed E-state index contributed by atoms with van der Waals surface area (Å²) in [7, 11) is 2.12. The fraction of sp³-hybridized carbons (Fsp3) is 0.529. The number of fused-ring (bicyclic) bond motifs is 1. The van der Waals surface area contributed by atoms with Gasteiger partial charge in [0.2, 0.25) is 0 Å². The van der Waals surface area contributed by atoms with E-state index in [1.165, 1.54) is 0 Å². The second-order valence-electron chi connectivity index (χ2n) is 7.68. The first-order valence-corrected chi connectivity index (χ1v) is 9.34. The van der Waals surface area contributed by atoms with Crippen LogP contribution in [0.15, 0.2) is 17.5 Å². The van der Waals surface area contributed by atoms with Crippen molar-refractivity contribution in [1.82, 2.24) is 24.8 Å². The maximum absolute atomic E-state index is 4.78. The molecule has 0 atom stereocenters. The van der Waals surface area contributed by atoms with Crippen molar-refractivity contribution in [3.63, 3.8) is 0 Å². The monoisotopic (exact) mass is 357 g/mol. The summed E-state index contributed by atoms with van der Waals surface area (Å²) >= 11 is 1.70. The van der Waals surface area contributed by atoms with Crippen molar-refractivity contribution in [3.05, 3.63) is 29.0 Å². The Bertz CT molecular complexity index is 901. The summed E-state index contributed by atoms with van der Waals surface area (Å²) in [4.78, 5) is 9.13. The van der Waals surface area contributed by atoms with Gasteiger partial charge in [0.25, 0.3) is 0 Å². The third kappa shape index (κ3) is 2.84. The summed E-state index contributed by atoms with van der Waals surface area (Å²) in [6, 6.07) is 4.48. The summed E-state index contributed by atoms with van der Waals surface area (Å²) < 4.78 is 1.87. The predicted octanol–water partition coefficient (Wildman–Crippen LogP) is 2.51. The zero-order valence-corrected chi connectivity index (χ0v) is 16.1.